The molecule has 0 spiro atoms. The smallest absolute Gasteiger partial charge is 0.0262 e. The lowest BCUT2D eigenvalue weighted by Crippen LogP contribution is -2.31. The number of hydrazine groups is 1. The third-order valence-electron chi connectivity index (χ3n) is 2.72. The molecular weight excluding hydrogens is 286 g/mol. The Balaban J connectivity index is 4.61. The first-order chi connectivity index (χ1) is 7.60. The molecular formula is C11H28N2P2S2. The molecule has 0 aliphatic carbocycles. The van der Waals surface area contributed by atoms with Crippen LogP contribution in [0.1, 0.15) is 41.5 Å². The van der Waals surface area contributed by atoms with Crippen molar-refractivity contribution in [2.45, 2.75) is 41.5 Å². The minimum atomic E-state index is -1.51. The normalized spacial score (nSPS) is 16.8. The number of nitrogens with one attached hydrogen (secondary N) is 2. The zero-order chi connectivity index (χ0) is 13.7. The summed E-state index contributed by atoms with van der Waals surface area (Å²) in [5, 5.41) is 6.90. The van der Waals surface area contributed by atoms with Gasteiger partial charge in [-0.25, -0.2) is 10.4 Å². The summed E-state index contributed by atoms with van der Waals surface area (Å²) in [6, 6.07) is 0. The Kier molecular flexibility index (Phi) is 7.63. The molecule has 1 unspecified atom stereocenters. The summed E-state index contributed by atoms with van der Waals surface area (Å²) in [4.78, 5) is 0. The Morgan fingerprint density at radius 3 is 1.47 bits per heavy atom. The second-order valence-electron chi connectivity index (χ2n) is 5.67. The first-order valence-electron chi connectivity index (χ1n) is 6.30. The van der Waals surface area contributed by atoms with E-state index in [4.69, 9.17) is 23.6 Å². The van der Waals surface area contributed by atoms with Gasteiger partial charge in [0.25, 0.3) is 0 Å². The molecule has 2 N–H and O–H groups in total. The molecule has 0 amide bonds. The van der Waals surface area contributed by atoms with Crippen LogP contribution in [0.3, 0.4) is 0 Å². The lowest BCUT2D eigenvalue weighted by atomic mass is 10.0. The van der Waals surface area contributed by atoms with Crippen LogP contribution in [0.15, 0.2) is 0 Å². The minimum absolute atomic E-state index is 0.279. The van der Waals surface area contributed by atoms with Gasteiger partial charge in [0, 0.05) is 12.4 Å². The van der Waals surface area contributed by atoms with Gasteiger partial charge in [0.15, 0.2) is 0 Å². The van der Waals surface area contributed by atoms with E-state index in [1.54, 1.807) is 0 Å². The minimum Gasteiger partial charge on any atom is -0.223 e. The van der Waals surface area contributed by atoms with Crippen LogP contribution in [0.4, 0.5) is 0 Å². The molecule has 0 fully saturated rings. The van der Waals surface area contributed by atoms with Gasteiger partial charge in [-0.2, -0.15) is 0 Å². The summed E-state index contributed by atoms with van der Waals surface area (Å²) in [5.41, 5.74) is 0.279. The van der Waals surface area contributed by atoms with E-state index in [-0.39, 0.29) is 5.41 Å². The maximum atomic E-state index is 5.82. The van der Waals surface area contributed by atoms with E-state index in [1.807, 2.05) is 0 Å². The quantitative estimate of drug-likeness (QED) is 0.548. The topological polar surface area (TPSA) is 24.1 Å². The lowest BCUT2D eigenvalue weighted by molar-refractivity contribution is 0.474. The summed E-state index contributed by atoms with van der Waals surface area (Å²) in [7, 11) is 0. The second kappa shape index (κ2) is 7.12. The fraction of sp³-hybridized carbons (Fsp3) is 1.00. The van der Waals surface area contributed by atoms with E-state index in [9.17, 15) is 0 Å². The fourth-order valence-corrected chi connectivity index (χ4v) is 7.67. The Morgan fingerprint density at radius 2 is 1.18 bits per heavy atom. The van der Waals surface area contributed by atoms with Crippen molar-refractivity contribution in [3.63, 3.8) is 0 Å². The second-order valence-corrected chi connectivity index (χ2v) is 16.1. The Bertz CT molecular complexity index is 316. The standard InChI is InChI=1S/C11H28N2P2S2/c1-7-14(16,8-2)12-13-15(17,9-3)10-11(4,5)6/h7-10H2,1-6H3,(H,12,16)(H,13,17). The number of rotatable bonds is 7. The highest BCUT2D eigenvalue weighted by atomic mass is 32.4. The summed E-state index contributed by atoms with van der Waals surface area (Å²) in [5.74, 6) is 0. The van der Waals surface area contributed by atoms with E-state index in [0.717, 1.165) is 24.6 Å². The van der Waals surface area contributed by atoms with E-state index < -0.39 is 12.4 Å². The summed E-state index contributed by atoms with van der Waals surface area (Å²) < 4.78 is 0. The van der Waals surface area contributed by atoms with Crippen molar-refractivity contribution >= 4 is 36.0 Å². The van der Waals surface area contributed by atoms with Crippen molar-refractivity contribution in [2.24, 2.45) is 5.41 Å². The van der Waals surface area contributed by atoms with Gasteiger partial charge in [0.05, 0.1) is 0 Å². The molecule has 104 valence electrons. The largest absolute Gasteiger partial charge is 0.223 e. The molecule has 0 aromatic carbocycles. The van der Waals surface area contributed by atoms with Crippen LogP contribution in [0.25, 0.3) is 0 Å². The van der Waals surface area contributed by atoms with Crippen molar-refractivity contribution in [1.82, 2.24) is 10.4 Å². The van der Waals surface area contributed by atoms with Crippen LogP contribution in [0.2, 0.25) is 0 Å². The van der Waals surface area contributed by atoms with Gasteiger partial charge in [-0.05, 0) is 30.1 Å². The van der Waals surface area contributed by atoms with Crippen LogP contribution in [0, 0.1) is 5.41 Å². The molecule has 2 nitrogen and oxygen atoms in total. The van der Waals surface area contributed by atoms with Crippen molar-refractivity contribution in [3.8, 4) is 0 Å². The van der Waals surface area contributed by atoms with Crippen LogP contribution < -0.4 is 10.4 Å². The Labute approximate surface area is 118 Å². The summed E-state index contributed by atoms with van der Waals surface area (Å²) in [6.07, 6.45) is 1.26. The van der Waals surface area contributed by atoms with Gasteiger partial charge in [-0.3, -0.25) is 0 Å². The van der Waals surface area contributed by atoms with E-state index in [0.29, 0.717) is 0 Å². The molecule has 0 bridgehead atoms. The fourth-order valence-electron chi connectivity index (χ4n) is 1.56. The maximum Gasteiger partial charge on any atom is 0.0262 e. The molecule has 0 saturated heterocycles. The van der Waals surface area contributed by atoms with Crippen molar-refractivity contribution in [2.75, 3.05) is 24.6 Å². The lowest BCUT2D eigenvalue weighted by Gasteiger charge is -2.32. The van der Waals surface area contributed by atoms with Gasteiger partial charge < -0.3 is 0 Å². The Hall–Kier alpha value is 1.22. The van der Waals surface area contributed by atoms with Crippen LogP contribution in [-0.4, -0.2) is 24.6 Å². The molecule has 0 saturated carbocycles. The summed E-state index contributed by atoms with van der Waals surface area (Å²) in [6.45, 7) is 13.3. The molecule has 1 atom stereocenters. The number of hydrogen-bond donors (Lipinski definition) is 2. The average Bonchev–Trinajstić information content (AvgIpc) is 2.24. The zero-order valence-electron chi connectivity index (χ0n) is 12.0. The SMILES string of the molecule is CCP(=S)(CC)NNP(=S)(CC)CC(C)(C)C. The predicted octanol–water partition coefficient (Wildman–Crippen LogP) is 3.98. The third kappa shape index (κ3) is 7.40. The van der Waals surface area contributed by atoms with Gasteiger partial charge >= 0.3 is 0 Å². The highest BCUT2D eigenvalue weighted by molar-refractivity contribution is 8.15. The van der Waals surface area contributed by atoms with E-state index >= 15 is 0 Å². The van der Waals surface area contributed by atoms with Crippen LogP contribution >= 0.6 is 12.4 Å². The molecule has 0 heterocycles. The zero-order valence-corrected chi connectivity index (χ0v) is 15.5. The third-order valence-corrected chi connectivity index (χ3v) is 11.7. The molecule has 17 heavy (non-hydrogen) atoms. The molecule has 0 radical (unpaired) electrons. The van der Waals surface area contributed by atoms with Crippen molar-refractivity contribution < 1.29 is 0 Å². The molecule has 6 heteroatoms. The van der Waals surface area contributed by atoms with E-state index in [1.165, 1.54) is 0 Å². The van der Waals surface area contributed by atoms with Gasteiger partial charge in [-0.15, -0.1) is 0 Å². The molecule has 0 aromatic heterocycles. The molecule has 0 aliphatic heterocycles. The molecule has 0 aliphatic rings. The number of hydrogen-bond acceptors (Lipinski definition) is 2. The molecule has 0 aromatic rings. The van der Waals surface area contributed by atoms with Gasteiger partial charge in [-0.1, -0.05) is 65.2 Å². The first kappa shape index (κ1) is 18.2. The highest BCUT2D eigenvalue weighted by Gasteiger charge is 2.24. The van der Waals surface area contributed by atoms with E-state index in [2.05, 4.69) is 51.9 Å². The van der Waals surface area contributed by atoms with Crippen LogP contribution in [-0.2, 0) is 23.6 Å². The monoisotopic (exact) mass is 314 g/mol. The highest BCUT2D eigenvalue weighted by Crippen LogP contribution is 2.48. The average molecular weight is 314 g/mol. The predicted molar refractivity (Wildman–Crippen MR) is 90.8 cm³/mol. The summed E-state index contributed by atoms with van der Waals surface area (Å²) >= 11 is 11.5. The maximum absolute atomic E-state index is 5.82. The Morgan fingerprint density at radius 1 is 0.824 bits per heavy atom. The van der Waals surface area contributed by atoms with Crippen molar-refractivity contribution in [1.29, 1.82) is 0 Å². The van der Waals surface area contributed by atoms with Gasteiger partial charge in [0.1, 0.15) is 0 Å². The van der Waals surface area contributed by atoms with Gasteiger partial charge in [0.2, 0.25) is 0 Å². The molecule has 0 rings (SSSR count). The van der Waals surface area contributed by atoms with Crippen molar-refractivity contribution in [3.05, 3.63) is 0 Å². The first-order valence-corrected chi connectivity index (χ1v) is 12.6. The van der Waals surface area contributed by atoms with Crippen LogP contribution in [0.5, 0.6) is 0 Å².